The topological polar surface area (TPSA) is 108 Å². The van der Waals surface area contributed by atoms with Crippen LogP contribution in [0.25, 0.3) is 0 Å². The normalized spacial score (nSPS) is 13.0. The van der Waals surface area contributed by atoms with E-state index in [9.17, 15) is 27.9 Å². The fourth-order valence-electron chi connectivity index (χ4n) is 1.94. The van der Waals surface area contributed by atoms with Gasteiger partial charge in [-0.05, 0) is 17.7 Å². The Balaban J connectivity index is 2.34. The van der Waals surface area contributed by atoms with E-state index < -0.39 is 23.8 Å². The number of carbonyl (C=O) groups is 2. The zero-order valence-electron chi connectivity index (χ0n) is 15.0. The maximum Gasteiger partial charge on any atom is 0.573 e. The van der Waals surface area contributed by atoms with Crippen molar-refractivity contribution < 1.29 is 37.7 Å². The van der Waals surface area contributed by atoms with Crippen LogP contribution in [0.4, 0.5) is 13.2 Å². The molecule has 0 saturated carbocycles. The second kappa shape index (κ2) is 9.56. The van der Waals surface area contributed by atoms with E-state index in [2.05, 4.69) is 15.4 Å². The van der Waals surface area contributed by atoms with Gasteiger partial charge < -0.3 is 25.6 Å². The first-order chi connectivity index (χ1) is 12.4. The van der Waals surface area contributed by atoms with Gasteiger partial charge in [-0.2, -0.15) is 0 Å². The minimum Gasteiger partial charge on any atom is -0.406 e. The van der Waals surface area contributed by atoms with Gasteiger partial charge >= 0.3 is 6.36 Å². The summed E-state index contributed by atoms with van der Waals surface area (Å²) in [4.78, 5) is 23.5. The monoisotopic (exact) mass is 392 g/mol. The van der Waals surface area contributed by atoms with Crippen molar-refractivity contribution in [3.05, 3.63) is 29.8 Å². The molecule has 1 atom stereocenters. The summed E-state index contributed by atoms with van der Waals surface area (Å²) in [7, 11) is 0. The molecule has 27 heavy (non-hydrogen) atoms. The highest BCUT2D eigenvalue weighted by atomic mass is 19.4. The fourth-order valence-corrected chi connectivity index (χ4v) is 1.94. The Bertz CT molecular complexity index is 632. The predicted molar refractivity (Wildman–Crippen MR) is 89.5 cm³/mol. The number of rotatable bonds is 9. The second-order valence-electron chi connectivity index (χ2n) is 6.56. The number of nitrogens with one attached hydrogen (secondary N) is 2. The average Bonchev–Trinajstić information content (AvgIpc) is 2.59. The van der Waals surface area contributed by atoms with E-state index in [0.29, 0.717) is 5.56 Å². The molecule has 0 radical (unpaired) electrons. The van der Waals surface area contributed by atoms with Crippen molar-refractivity contribution in [2.75, 3.05) is 13.2 Å². The van der Waals surface area contributed by atoms with Crippen LogP contribution in [0.5, 0.6) is 5.75 Å². The summed E-state index contributed by atoms with van der Waals surface area (Å²) in [5.41, 5.74) is -0.434. The van der Waals surface area contributed by atoms with Crippen LogP contribution < -0.4 is 15.4 Å². The van der Waals surface area contributed by atoms with E-state index in [0.717, 1.165) is 12.1 Å². The first-order valence-electron chi connectivity index (χ1n) is 8.12. The zero-order valence-corrected chi connectivity index (χ0v) is 15.0. The fraction of sp³-hybridized carbons (Fsp3) is 0.529. The summed E-state index contributed by atoms with van der Waals surface area (Å²) in [5.74, 6) is -1.44. The van der Waals surface area contributed by atoms with Gasteiger partial charge in [0, 0.05) is 24.9 Å². The highest BCUT2D eigenvalue weighted by Crippen LogP contribution is 2.22. The number of alkyl halides is 3. The van der Waals surface area contributed by atoms with Gasteiger partial charge in [0.1, 0.15) is 11.9 Å². The van der Waals surface area contributed by atoms with Crippen LogP contribution in [-0.4, -0.2) is 47.6 Å². The van der Waals surface area contributed by atoms with Crippen LogP contribution in [0.2, 0.25) is 0 Å². The highest BCUT2D eigenvalue weighted by Gasteiger charge is 2.33. The predicted octanol–water partition coefficient (Wildman–Crippen LogP) is 1.09. The van der Waals surface area contributed by atoms with Gasteiger partial charge in [0.2, 0.25) is 11.8 Å². The molecule has 4 N–H and O–H groups in total. The van der Waals surface area contributed by atoms with Crippen molar-refractivity contribution in [3.63, 3.8) is 0 Å². The molecule has 0 spiro atoms. The number of aliphatic hydroxyl groups excluding tert-OH is 2. The molecular formula is C17H23F3N2O5. The lowest BCUT2D eigenvalue weighted by molar-refractivity contribution is -0.274. The summed E-state index contributed by atoms with van der Waals surface area (Å²) >= 11 is 0. The molecule has 1 aromatic rings. The summed E-state index contributed by atoms with van der Waals surface area (Å²) in [6, 6.07) is 5.05. The van der Waals surface area contributed by atoms with Gasteiger partial charge in [0.05, 0.1) is 6.61 Å². The molecule has 1 rings (SSSR count). The smallest absolute Gasteiger partial charge is 0.406 e. The standard InChI is InChI=1S/C17H23F3N2O5/c1-16(2,10-23)14(25)15(26)21-8-7-13(24)22-9-11-3-5-12(6-4-11)27-17(18,19)20/h3-6,14,23,25H,7-10H2,1-2H3,(H,21,26)(H,22,24)/t14-/m0/s1. The maximum atomic E-state index is 12.1. The van der Waals surface area contributed by atoms with Crippen molar-refractivity contribution in [2.45, 2.75) is 39.3 Å². The SMILES string of the molecule is CC(C)(CO)[C@@H](O)C(=O)NCCC(=O)NCc1ccc(OC(F)(F)F)cc1. The number of ether oxygens (including phenoxy) is 1. The molecule has 0 aliphatic heterocycles. The van der Waals surface area contributed by atoms with Gasteiger partial charge in [0.15, 0.2) is 0 Å². The zero-order chi connectivity index (χ0) is 20.7. The van der Waals surface area contributed by atoms with E-state index in [1.54, 1.807) is 0 Å². The number of hydrogen-bond acceptors (Lipinski definition) is 5. The Labute approximate surface area is 154 Å². The van der Waals surface area contributed by atoms with Crippen molar-refractivity contribution in [2.24, 2.45) is 5.41 Å². The number of aliphatic hydroxyl groups is 2. The average molecular weight is 392 g/mol. The van der Waals surface area contributed by atoms with Crippen molar-refractivity contribution >= 4 is 11.8 Å². The van der Waals surface area contributed by atoms with Crippen molar-refractivity contribution in [3.8, 4) is 5.75 Å². The summed E-state index contributed by atoms with van der Waals surface area (Å²) in [5, 5.41) is 23.9. The number of halogens is 3. The summed E-state index contributed by atoms with van der Waals surface area (Å²) in [6.45, 7) is 2.75. The largest absolute Gasteiger partial charge is 0.573 e. The van der Waals surface area contributed by atoms with Gasteiger partial charge in [-0.3, -0.25) is 9.59 Å². The molecule has 0 unspecified atom stereocenters. The van der Waals surface area contributed by atoms with E-state index in [4.69, 9.17) is 5.11 Å². The third-order valence-electron chi connectivity index (χ3n) is 3.69. The number of amides is 2. The van der Waals surface area contributed by atoms with Crippen LogP contribution >= 0.6 is 0 Å². The molecule has 1 aromatic carbocycles. The lowest BCUT2D eigenvalue weighted by atomic mass is 9.87. The van der Waals surface area contributed by atoms with Crippen LogP contribution in [0.1, 0.15) is 25.8 Å². The van der Waals surface area contributed by atoms with Crippen molar-refractivity contribution in [1.82, 2.24) is 10.6 Å². The van der Waals surface area contributed by atoms with Gasteiger partial charge in [-0.15, -0.1) is 13.2 Å². The van der Waals surface area contributed by atoms with E-state index in [-0.39, 0.29) is 37.8 Å². The Kier molecular flexibility index (Phi) is 8.04. The molecule has 152 valence electrons. The van der Waals surface area contributed by atoms with Crippen LogP contribution in [0.3, 0.4) is 0 Å². The summed E-state index contributed by atoms with van der Waals surface area (Å²) in [6.07, 6.45) is -6.23. The van der Waals surface area contributed by atoms with Gasteiger partial charge in [-0.1, -0.05) is 26.0 Å². The quantitative estimate of drug-likeness (QED) is 0.503. The number of carbonyl (C=O) groups excluding carboxylic acids is 2. The number of hydrogen-bond donors (Lipinski definition) is 4. The molecule has 0 aliphatic carbocycles. The van der Waals surface area contributed by atoms with Crippen LogP contribution in [0.15, 0.2) is 24.3 Å². The molecule has 0 bridgehead atoms. The first-order valence-corrected chi connectivity index (χ1v) is 8.12. The van der Waals surface area contributed by atoms with Crippen LogP contribution in [0, 0.1) is 5.41 Å². The Morgan fingerprint density at radius 3 is 2.26 bits per heavy atom. The molecular weight excluding hydrogens is 369 g/mol. The molecule has 0 saturated heterocycles. The Hall–Kier alpha value is -2.33. The molecule has 0 fully saturated rings. The maximum absolute atomic E-state index is 12.1. The second-order valence-corrected chi connectivity index (χ2v) is 6.56. The molecule has 0 aromatic heterocycles. The van der Waals surface area contributed by atoms with E-state index >= 15 is 0 Å². The minimum atomic E-state index is -4.76. The lowest BCUT2D eigenvalue weighted by Gasteiger charge is -2.27. The first kappa shape index (κ1) is 22.7. The van der Waals surface area contributed by atoms with Crippen molar-refractivity contribution in [1.29, 1.82) is 0 Å². The minimum absolute atomic E-state index is 0.0123. The van der Waals surface area contributed by atoms with E-state index in [1.807, 2.05) is 0 Å². The lowest BCUT2D eigenvalue weighted by Crippen LogP contribution is -2.46. The third kappa shape index (κ3) is 8.27. The summed E-state index contributed by atoms with van der Waals surface area (Å²) < 4.78 is 40.0. The molecule has 7 nitrogen and oxygen atoms in total. The molecule has 2 amide bonds. The molecule has 0 aliphatic rings. The highest BCUT2D eigenvalue weighted by molar-refractivity contribution is 5.82. The Morgan fingerprint density at radius 1 is 1.15 bits per heavy atom. The molecule has 10 heteroatoms. The van der Waals surface area contributed by atoms with E-state index in [1.165, 1.54) is 26.0 Å². The molecule has 0 heterocycles. The number of benzene rings is 1. The van der Waals surface area contributed by atoms with Gasteiger partial charge in [0.25, 0.3) is 0 Å². The third-order valence-corrected chi connectivity index (χ3v) is 3.69. The van der Waals surface area contributed by atoms with Gasteiger partial charge in [-0.25, -0.2) is 0 Å². The Morgan fingerprint density at radius 2 is 1.74 bits per heavy atom. The van der Waals surface area contributed by atoms with Crippen LogP contribution in [-0.2, 0) is 16.1 Å².